The normalized spacial score (nSPS) is 10.9. The number of hydrogen-bond acceptors (Lipinski definition) is 4. The lowest BCUT2D eigenvalue weighted by Crippen LogP contribution is -2.23. The van der Waals surface area contributed by atoms with Crippen LogP contribution in [-0.2, 0) is 11.3 Å². The van der Waals surface area contributed by atoms with Gasteiger partial charge < -0.3 is 14.8 Å². The molecule has 138 valence electrons. The second kappa shape index (κ2) is 8.37. The zero-order valence-electron chi connectivity index (χ0n) is 13.8. The van der Waals surface area contributed by atoms with Crippen molar-refractivity contribution in [3.05, 3.63) is 65.2 Å². The summed E-state index contributed by atoms with van der Waals surface area (Å²) in [4.78, 5) is 23.4. The Bertz CT molecular complexity index is 756. The van der Waals surface area contributed by atoms with Gasteiger partial charge in [-0.1, -0.05) is 12.1 Å². The Labute approximate surface area is 147 Å². The summed E-state index contributed by atoms with van der Waals surface area (Å²) < 4.78 is 45.4. The van der Waals surface area contributed by atoms with Crippen molar-refractivity contribution in [2.75, 3.05) is 13.7 Å². The van der Waals surface area contributed by atoms with E-state index < -0.39 is 18.8 Å². The van der Waals surface area contributed by atoms with Gasteiger partial charge in [0, 0.05) is 12.1 Å². The Balaban J connectivity index is 1.88. The molecule has 0 aromatic heterocycles. The number of benzene rings is 2. The molecule has 0 fully saturated rings. The van der Waals surface area contributed by atoms with Gasteiger partial charge in [-0.2, -0.15) is 13.2 Å². The van der Waals surface area contributed by atoms with Gasteiger partial charge in [-0.15, -0.1) is 0 Å². The number of carbonyl (C=O) groups is 2. The molecule has 8 heteroatoms. The molecule has 0 atom stereocenters. The van der Waals surface area contributed by atoms with Crippen LogP contribution in [0.25, 0.3) is 0 Å². The fourth-order valence-corrected chi connectivity index (χ4v) is 2.03. The molecule has 0 aliphatic heterocycles. The van der Waals surface area contributed by atoms with E-state index in [0.717, 1.165) is 5.56 Å². The first-order valence-electron chi connectivity index (χ1n) is 7.53. The lowest BCUT2D eigenvalue weighted by atomic mass is 10.1. The van der Waals surface area contributed by atoms with Crippen LogP contribution in [0.5, 0.6) is 5.75 Å². The van der Waals surface area contributed by atoms with Crippen molar-refractivity contribution in [1.29, 1.82) is 0 Å². The minimum atomic E-state index is -4.42. The Morgan fingerprint density at radius 3 is 2.08 bits per heavy atom. The van der Waals surface area contributed by atoms with Gasteiger partial charge in [-0.25, -0.2) is 4.79 Å². The lowest BCUT2D eigenvalue weighted by molar-refractivity contribution is -0.153. The third-order valence-electron chi connectivity index (χ3n) is 3.35. The van der Waals surface area contributed by atoms with Crippen molar-refractivity contribution in [3.8, 4) is 5.75 Å². The topological polar surface area (TPSA) is 64.6 Å². The van der Waals surface area contributed by atoms with Gasteiger partial charge >= 0.3 is 12.1 Å². The van der Waals surface area contributed by atoms with Crippen LogP contribution in [0.1, 0.15) is 26.3 Å². The third-order valence-corrected chi connectivity index (χ3v) is 3.35. The van der Waals surface area contributed by atoms with Crippen molar-refractivity contribution >= 4 is 11.9 Å². The highest BCUT2D eigenvalue weighted by Gasteiger charge is 2.28. The van der Waals surface area contributed by atoms with E-state index in [4.69, 9.17) is 0 Å². The number of hydrogen-bond donors (Lipinski definition) is 1. The van der Waals surface area contributed by atoms with E-state index in [1.54, 1.807) is 24.3 Å². The molecule has 0 spiro atoms. The first-order chi connectivity index (χ1) is 12.3. The van der Waals surface area contributed by atoms with Crippen molar-refractivity contribution < 1.29 is 32.2 Å². The highest BCUT2D eigenvalue weighted by molar-refractivity contribution is 5.94. The molecule has 0 saturated carbocycles. The predicted octanol–water partition coefficient (Wildman–Crippen LogP) is 3.34. The first-order valence-corrected chi connectivity index (χ1v) is 7.53. The summed E-state index contributed by atoms with van der Waals surface area (Å²) in [6.45, 7) is -1.16. The highest BCUT2D eigenvalue weighted by Crippen LogP contribution is 2.19. The molecule has 26 heavy (non-hydrogen) atoms. The average molecular weight is 367 g/mol. The maximum atomic E-state index is 12.1. The second-order valence-corrected chi connectivity index (χ2v) is 5.30. The number of amides is 1. The number of alkyl halides is 3. The average Bonchev–Trinajstić information content (AvgIpc) is 2.64. The molecular weight excluding hydrogens is 351 g/mol. The number of esters is 1. The van der Waals surface area contributed by atoms with Crippen LogP contribution in [0.2, 0.25) is 0 Å². The predicted molar refractivity (Wildman–Crippen MR) is 86.9 cm³/mol. The molecule has 1 amide bonds. The Hall–Kier alpha value is -3.03. The summed E-state index contributed by atoms with van der Waals surface area (Å²) >= 11 is 0. The molecule has 2 aromatic rings. The fraction of sp³-hybridized carbons (Fsp3) is 0.222. The molecule has 0 aliphatic carbocycles. The molecule has 1 N–H and O–H groups in total. The molecule has 0 unspecified atom stereocenters. The Morgan fingerprint density at radius 1 is 0.962 bits per heavy atom. The van der Waals surface area contributed by atoms with Crippen LogP contribution in [0.3, 0.4) is 0 Å². The summed E-state index contributed by atoms with van der Waals surface area (Å²) in [7, 11) is 1.29. The molecule has 0 bridgehead atoms. The highest BCUT2D eigenvalue weighted by atomic mass is 19.4. The first kappa shape index (κ1) is 19.3. The van der Waals surface area contributed by atoms with Gasteiger partial charge in [0.25, 0.3) is 5.91 Å². The van der Waals surface area contributed by atoms with Gasteiger partial charge in [0.2, 0.25) is 0 Å². The molecule has 0 radical (unpaired) electrons. The van der Waals surface area contributed by atoms with Crippen LogP contribution in [0, 0.1) is 0 Å². The van der Waals surface area contributed by atoms with Crippen LogP contribution in [0.4, 0.5) is 13.2 Å². The van der Waals surface area contributed by atoms with Crippen LogP contribution >= 0.6 is 0 Å². The maximum Gasteiger partial charge on any atom is 0.422 e. The third kappa shape index (κ3) is 5.80. The van der Waals surface area contributed by atoms with Crippen LogP contribution in [0.15, 0.2) is 48.5 Å². The standard InChI is InChI=1S/C18H16F3NO4/c1-25-17(24)14-4-2-12(3-5-14)10-22-16(23)13-6-8-15(9-7-13)26-11-18(19,20)21/h2-9H,10-11H2,1H3,(H,22,23). The van der Waals surface area contributed by atoms with Crippen molar-refractivity contribution in [2.24, 2.45) is 0 Å². The number of methoxy groups -OCH3 is 1. The second-order valence-electron chi connectivity index (χ2n) is 5.30. The van der Waals surface area contributed by atoms with E-state index in [-0.39, 0.29) is 23.8 Å². The zero-order chi connectivity index (χ0) is 19.2. The quantitative estimate of drug-likeness (QED) is 0.796. The molecule has 0 saturated heterocycles. The Morgan fingerprint density at radius 2 is 1.54 bits per heavy atom. The van der Waals surface area contributed by atoms with E-state index in [9.17, 15) is 22.8 Å². The number of carbonyl (C=O) groups excluding carboxylic acids is 2. The van der Waals surface area contributed by atoms with Crippen molar-refractivity contribution in [2.45, 2.75) is 12.7 Å². The molecule has 0 aliphatic rings. The summed E-state index contributed by atoms with van der Waals surface area (Å²) in [6.07, 6.45) is -4.42. The van der Waals surface area contributed by atoms with Gasteiger partial charge in [-0.05, 0) is 42.0 Å². The van der Waals surface area contributed by atoms with Crippen LogP contribution in [-0.4, -0.2) is 31.8 Å². The largest absolute Gasteiger partial charge is 0.484 e. The summed E-state index contributed by atoms with van der Waals surface area (Å²) in [5, 5.41) is 2.68. The zero-order valence-corrected chi connectivity index (χ0v) is 13.8. The van der Waals surface area contributed by atoms with E-state index in [0.29, 0.717) is 5.56 Å². The van der Waals surface area contributed by atoms with Gasteiger partial charge in [-0.3, -0.25) is 4.79 Å². The molecule has 2 rings (SSSR count). The summed E-state index contributed by atoms with van der Waals surface area (Å²) in [5.41, 5.74) is 1.46. The number of halogens is 3. The monoisotopic (exact) mass is 367 g/mol. The SMILES string of the molecule is COC(=O)c1ccc(CNC(=O)c2ccc(OCC(F)(F)F)cc2)cc1. The van der Waals surface area contributed by atoms with Crippen molar-refractivity contribution in [3.63, 3.8) is 0 Å². The maximum absolute atomic E-state index is 12.1. The summed E-state index contributed by atoms with van der Waals surface area (Å²) in [5.74, 6) is -0.810. The smallest absolute Gasteiger partial charge is 0.422 e. The van der Waals surface area contributed by atoms with Gasteiger partial charge in [0.15, 0.2) is 6.61 Å². The number of nitrogens with one attached hydrogen (secondary N) is 1. The number of rotatable bonds is 6. The Kier molecular flexibility index (Phi) is 6.21. The number of ether oxygens (including phenoxy) is 2. The van der Waals surface area contributed by atoms with Crippen molar-refractivity contribution in [1.82, 2.24) is 5.32 Å². The van der Waals surface area contributed by atoms with E-state index in [2.05, 4.69) is 14.8 Å². The summed E-state index contributed by atoms with van der Waals surface area (Å²) in [6, 6.07) is 11.9. The van der Waals surface area contributed by atoms with Gasteiger partial charge in [0.05, 0.1) is 12.7 Å². The molecular formula is C18H16F3NO4. The fourth-order valence-electron chi connectivity index (χ4n) is 2.03. The molecule has 0 heterocycles. The molecule has 2 aromatic carbocycles. The lowest BCUT2D eigenvalue weighted by Gasteiger charge is -2.10. The van der Waals surface area contributed by atoms with E-state index in [1.807, 2.05) is 0 Å². The minimum absolute atomic E-state index is 0.0253. The van der Waals surface area contributed by atoms with Gasteiger partial charge in [0.1, 0.15) is 5.75 Å². The minimum Gasteiger partial charge on any atom is -0.484 e. The van der Waals surface area contributed by atoms with E-state index >= 15 is 0 Å². The molecule has 5 nitrogen and oxygen atoms in total. The van der Waals surface area contributed by atoms with E-state index in [1.165, 1.54) is 31.4 Å². The van der Waals surface area contributed by atoms with Crippen LogP contribution < -0.4 is 10.1 Å².